The van der Waals surface area contributed by atoms with Crippen molar-refractivity contribution in [3.63, 3.8) is 0 Å². The van der Waals surface area contributed by atoms with Crippen LogP contribution in [0, 0.1) is 12.3 Å². The summed E-state index contributed by atoms with van der Waals surface area (Å²) in [7, 11) is 0. The normalized spacial score (nSPS) is 23.3. The summed E-state index contributed by atoms with van der Waals surface area (Å²) in [5.74, 6) is 2.69. The van der Waals surface area contributed by atoms with Gasteiger partial charge in [-0.15, -0.1) is 6.42 Å². The standard InChI is InChI=1S/C22H21N/c1-2-17-8-10-19(11-9-17)20-14-21-12-13-22(15-20)23(21)16-18-6-4-3-5-7-18/h1,3-11,14,21-22H,12-13,15-16H2. The van der Waals surface area contributed by atoms with Crippen molar-refractivity contribution in [3.8, 4) is 12.3 Å². The fraction of sp³-hybridized carbons (Fsp3) is 0.273. The molecule has 2 aliphatic rings. The molecule has 0 amide bonds. The van der Waals surface area contributed by atoms with Gasteiger partial charge in [-0.25, -0.2) is 0 Å². The second-order valence-electron chi connectivity index (χ2n) is 6.57. The highest BCUT2D eigenvalue weighted by atomic mass is 15.2. The highest BCUT2D eigenvalue weighted by Gasteiger charge is 2.36. The fourth-order valence-electron chi connectivity index (χ4n) is 3.95. The van der Waals surface area contributed by atoms with Crippen LogP contribution in [0.4, 0.5) is 0 Å². The van der Waals surface area contributed by atoms with Gasteiger partial charge in [0.1, 0.15) is 0 Å². The summed E-state index contributed by atoms with van der Waals surface area (Å²) >= 11 is 0. The summed E-state index contributed by atoms with van der Waals surface area (Å²) in [4.78, 5) is 2.68. The molecule has 0 aliphatic carbocycles. The van der Waals surface area contributed by atoms with E-state index in [2.05, 4.69) is 71.5 Å². The lowest BCUT2D eigenvalue weighted by atomic mass is 9.94. The van der Waals surface area contributed by atoms with Crippen LogP contribution in [-0.4, -0.2) is 17.0 Å². The van der Waals surface area contributed by atoms with E-state index < -0.39 is 0 Å². The van der Waals surface area contributed by atoms with Gasteiger partial charge in [0.05, 0.1) is 0 Å². The summed E-state index contributed by atoms with van der Waals surface area (Å²) in [5.41, 5.74) is 5.20. The minimum absolute atomic E-state index is 0.580. The maximum Gasteiger partial charge on any atom is 0.0291 e. The van der Waals surface area contributed by atoms with Crippen LogP contribution >= 0.6 is 0 Å². The van der Waals surface area contributed by atoms with Gasteiger partial charge in [-0.2, -0.15) is 0 Å². The van der Waals surface area contributed by atoms with E-state index in [1.165, 1.54) is 29.5 Å². The fourth-order valence-corrected chi connectivity index (χ4v) is 3.95. The van der Waals surface area contributed by atoms with E-state index in [9.17, 15) is 0 Å². The van der Waals surface area contributed by atoms with Gasteiger partial charge in [0.25, 0.3) is 0 Å². The van der Waals surface area contributed by atoms with Gasteiger partial charge in [0.15, 0.2) is 0 Å². The van der Waals surface area contributed by atoms with Gasteiger partial charge in [0, 0.05) is 24.2 Å². The van der Waals surface area contributed by atoms with Crippen molar-refractivity contribution in [1.29, 1.82) is 0 Å². The molecular formula is C22H21N. The van der Waals surface area contributed by atoms with Crippen molar-refractivity contribution < 1.29 is 0 Å². The highest BCUT2D eigenvalue weighted by molar-refractivity contribution is 5.68. The van der Waals surface area contributed by atoms with Crippen LogP contribution in [0.25, 0.3) is 5.57 Å². The molecule has 1 saturated heterocycles. The zero-order chi connectivity index (χ0) is 15.6. The van der Waals surface area contributed by atoms with Crippen LogP contribution in [0.3, 0.4) is 0 Å². The molecule has 2 aromatic rings. The maximum absolute atomic E-state index is 5.45. The van der Waals surface area contributed by atoms with Crippen LogP contribution in [0.1, 0.15) is 36.0 Å². The summed E-state index contributed by atoms with van der Waals surface area (Å²) in [6, 6.07) is 20.5. The molecule has 1 heteroatoms. The number of rotatable bonds is 3. The quantitative estimate of drug-likeness (QED) is 0.755. The third kappa shape index (κ3) is 2.83. The van der Waals surface area contributed by atoms with Crippen LogP contribution in [0.5, 0.6) is 0 Å². The molecule has 114 valence electrons. The van der Waals surface area contributed by atoms with Crippen LogP contribution in [-0.2, 0) is 6.54 Å². The second kappa shape index (κ2) is 6.07. The van der Waals surface area contributed by atoms with Gasteiger partial charge in [-0.1, -0.05) is 54.5 Å². The predicted molar refractivity (Wildman–Crippen MR) is 95.8 cm³/mol. The molecule has 1 nitrogen and oxygen atoms in total. The van der Waals surface area contributed by atoms with Gasteiger partial charge < -0.3 is 0 Å². The lowest BCUT2D eigenvalue weighted by molar-refractivity contribution is 0.203. The number of hydrogen-bond donors (Lipinski definition) is 0. The van der Waals surface area contributed by atoms with E-state index in [4.69, 9.17) is 6.42 Å². The Bertz CT molecular complexity index is 749. The number of fused-ring (bicyclic) bond motifs is 2. The molecule has 1 fully saturated rings. The van der Waals surface area contributed by atoms with Crippen molar-refractivity contribution >= 4 is 5.57 Å². The molecule has 0 radical (unpaired) electrons. The Morgan fingerprint density at radius 1 is 1.00 bits per heavy atom. The van der Waals surface area contributed by atoms with Crippen molar-refractivity contribution in [1.82, 2.24) is 4.90 Å². The Morgan fingerprint density at radius 3 is 2.48 bits per heavy atom. The molecule has 0 N–H and O–H groups in total. The Kier molecular flexibility index (Phi) is 3.77. The molecule has 4 rings (SSSR count). The topological polar surface area (TPSA) is 3.24 Å². The predicted octanol–water partition coefficient (Wildman–Crippen LogP) is 4.49. The minimum atomic E-state index is 0.580. The molecular weight excluding hydrogens is 278 g/mol. The van der Waals surface area contributed by atoms with Crippen molar-refractivity contribution in [2.45, 2.75) is 37.9 Å². The largest absolute Gasteiger partial charge is 0.289 e. The average Bonchev–Trinajstić information content (AvgIpc) is 2.84. The smallest absolute Gasteiger partial charge is 0.0291 e. The van der Waals surface area contributed by atoms with E-state index >= 15 is 0 Å². The molecule has 0 aromatic heterocycles. The summed E-state index contributed by atoms with van der Waals surface area (Å²) in [6.45, 7) is 1.07. The lowest BCUT2D eigenvalue weighted by Crippen LogP contribution is -2.37. The third-order valence-corrected chi connectivity index (χ3v) is 5.17. The molecule has 2 aliphatic heterocycles. The zero-order valence-electron chi connectivity index (χ0n) is 13.3. The van der Waals surface area contributed by atoms with Gasteiger partial charge >= 0.3 is 0 Å². The van der Waals surface area contributed by atoms with E-state index in [1.54, 1.807) is 0 Å². The van der Waals surface area contributed by atoms with Crippen molar-refractivity contribution in [3.05, 3.63) is 77.4 Å². The molecule has 0 saturated carbocycles. The minimum Gasteiger partial charge on any atom is -0.289 e. The third-order valence-electron chi connectivity index (χ3n) is 5.17. The van der Waals surface area contributed by atoms with Crippen LogP contribution < -0.4 is 0 Å². The number of hydrogen-bond acceptors (Lipinski definition) is 1. The summed E-state index contributed by atoms with van der Waals surface area (Å²) < 4.78 is 0. The first-order chi connectivity index (χ1) is 11.3. The highest BCUT2D eigenvalue weighted by Crippen LogP contribution is 2.39. The van der Waals surface area contributed by atoms with E-state index in [-0.39, 0.29) is 0 Å². The Morgan fingerprint density at radius 2 is 1.78 bits per heavy atom. The number of nitrogens with zero attached hydrogens (tertiary/aromatic N) is 1. The molecule has 2 bridgehead atoms. The number of benzene rings is 2. The zero-order valence-corrected chi connectivity index (χ0v) is 13.3. The first-order valence-electron chi connectivity index (χ1n) is 8.41. The Labute approximate surface area is 138 Å². The molecule has 2 unspecified atom stereocenters. The lowest BCUT2D eigenvalue weighted by Gasteiger charge is -2.34. The first-order valence-corrected chi connectivity index (χ1v) is 8.41. The van der Waals surface area contributed by atoms with Crippen molar-refractivity contribution in [2.75, 3.05) is 0 Å². The van der Waals surface area contributed by atoms with Crippen molar-refractivity contribution in [2.24, 2.45) is 0 Å². The second-order valence-corrected chi connectivity index (χ2v) is 6.57. The van der Waals surface area contributed by atoms with Gasteiger partial charge in [-0.3, -0.25) is 4.90 Å². The molecule has 0 spiro atoms. The Balaban J connectivity index is 1.55. The molecule has 2 atom stereocenters. The Hall–Kier alpha value is -2.30. The monoisotopic (exact) mass is 299 g/mol. The average molecular weight is 299 g/mol. The molecule has 2 heterocycles. The maximum atomic E-state index is 5.45. The van der Waals surface area contributed by atoms with Crippen LogP contribution in [0.2, 0.25) is 0 Å². The van der Waals surface area contributed by atoms with E-state index in [0.29, 0.717) is 12.1 Å². The van der Waals surface area contributed by atoms with Gasteiger partial charge in [-0.05, 0) is 48.1 Å². The van der Waals surface area contributed by atoms with Crippen LogP contribution in [0.15, 0.2) is 60.7 Å². The summed E-state index contributed by atoms with van der Waals surface area (Å²) in [6.07, 6.45) is 11.7. The van der Waals surface area contributed by atoms with E-state index in [1.807, 2.05) is 0 Å². The molecule has 2 aromatic carbocycles. The SMILES string of the molecule is C#Cc1ccc(C2=CC3CCC(C2)N3Cc2ccccc2)cc1. The molecule has 23 heavy (non-hydrogen) atoms. The van der Waals surface area contributed by atoms with Gasteiger partial charge in [0.2, 0.25) is 0 Å². The first kappa shape index (κ1) is 14.3. The number of terminal acetylenes is 1. The van der Waals surface area contributed by atoms with E-state index in [0.717, 1.165) is 18.5 Å². The summed E-state index contributed by atoms with van der Waals surface area (Å²) in [5, 5.41) is 0.